The third kappa shape index (κ3) is 2.68. The number of aromatic nitrogens is 4. The molecule has 4 aromatic rings. The molecule has 0 fully saturated rings. The summed E-state index contributed by atoms with van der Waals surface area (Å²) < 4.78 is 8.03. The number of hydrogen-bond acceptors (Lipinski definition) is 5. The van der Waals surface area contributed by atoms with E-state index in [0.29, 0.717) is 40.8 Å². The lowest BCUT2D eigenvalue weighted by Gasteiger charge is -2.09. The number of fused-ring (bicyclic) bond motifs is 2. The van der Waals surface area contributed by atoms with Crippen molar-refractivity contribution in [1.29, 1.82) is 0 Å². The normalized spacial score (nSPS) is 11.3. The Bertz CT molecular complexity index is 1210. The highest BCUT2D eigenvalue weighted by Gasteiger charge is 2.11. The van der Waals surface area contributed by atoms with Gasteiger partial charge in [-0.15, -0.1) is 0 Å². The molecular weight excluding hydrogens is 332 g/mol. The molecule has 0 N–H and O–H groups in total. The minimum atomic E-state index is -0.262. The Morgan fingerprint density at radius 1 is 1.00 bits per heavy atom. The van der Waals surface area contributed by atoms with Crippen LogP contribution < -0.4 is 11.1 Å². The SMILES string of the molecule is COCCn1ccc2nc3ccn(-c4ccccn4)c(=O)c3cc2c1=O. The van der Waals surface area contributed by atoms with Gasteiger partial charge in [0.1, 0.15) is 5.82 Å². The molecule has 26 heavy (non-hydrogen) atoms. The van der Waals surface area contributed by atoms with Crippen LogP contribution in [-0.4, -0.2) is 32.8 Å². The molecule has 0 aliphatic rings. The molecule has 0 bridgehead atoms. The average molecular weight is 348 g/mol. The van der Waals surface area contributed by atoms with Gasteiger partial charge in [0.2, 0.25) is 0 Å². The average Bonchev–Trinajstić information content (AvgIpc) is 2.68. The van der Waals surface area contributed by atoms with E-state index in [-0.39, 0.29) is 11.1 Å². The fourth-order valence-corrected chi connectivity index (χ4v) is 2.91. The largest absolute Gasteiger partial charge is 0.383 e. The van der Waals surface area contributed by atoms with Gasteiger partial charge in [-0.3, -0.25) is 14.2 Å². The minimum absolute atomic E-state index is 0.193. The molecule has 0 saturated heterocycles. The Balaban J connectivity index is 1.96. The van der Waals surface area contributed by atoms with Gasteiger partial charge < -0.3 is 9.30 Å². The minimum Gasteiger partial charge on any atom is -0.383 e. The first-order chi connectivity index (χ1) is 12.7. The molecule has 0 atom stereocenters. The molecule has 130 valence electrons. The molecule has 0 aliphatic heterocycles. The van der Waals surface area contributed by atoms with Crippen LogP contribution >= 0.6 is 0 Å². The van der Waals surface area contributed by atoms with Crippen molar-refractivity contribution in [1.82, 2.24) is 19.1 Å². The number of hydrogen-bond donors (Lipinski definition) is 0. The summed E-state index contributed by atoms with van der Waals surface area (Å²) in [6.07, 6.45) is 4.96. The van der Waals surface area contributed by atoms with E-state index >= 15 is 0 Å². The number of methoxy groups -OCH3 is 1. The van der Waals surface area contributed by atoms with Crippen LogP contribution in [0.2, 0.25) is 0 Å². The highest BCUT2D eigenvalue weighted by Crippen LogP contribution is 2.15. The van der Waals surface area contributed by atoms with Crippen molar-refractivity contribution in [2.75, 3.05) is 13.7 Å². The van der Waals surface area contributed by atoms with Crippen LogP contribution in [0.25, 0.3) is 27.6 Å². The molecule has 4 aromatic heterocycles. The standard InChI is InChI=1S/C19H16N4O3/c1-26-11-10-22-8-5-15-13(18(22)24)12-14-16(21-15)6-9-23(19(14)25)17-4-2-3-7-20-17/h2-9,12H,10-11H2,1H3. The highest BCUT2D eigenvalue weighted by atomic mass is 16.5. The fourth-order valence-electron chi connectivity index (χ4n) is 2.91. The van der Waals surface area contributed by atoms with E-state index in [1.807, 2.05) is 6.07 Å². The summed E-state index contributed by atoms with van der Waals surface area (Å²) in [6.45, 7) is 0.870. The summed E-state index contributed by atoms with van der Waals surface area (Å²) in [6, 6.07) is 10.5. The van der Waals surface area contributed by atoms with Gasteiger partial charge in [-0.25, -0.2) is 9.97 Å². The van der Waals surface area contributed by atoms with Crippen molar-refractivity contribution in [3.63, 3.8) is 0 Å². The predicted molar refractivity (Wildman–Crippen MR) is 98.8 cm³/mol. The van der Waals surface area contributed by atoms with Crippen LogP contribution in [0.5, 0.6) is 0 Å². The Morgan fingerprint density at radius 3 is 2.50 bits per heavy atom. The van der Waals surface area contributed by atoms with E-state index in [0.717, 1.165) is 0 Å². The van der Waals surface area contributed by atoms with Crippen molar-refractivity contribution >= 4 is 21.8 Å². The Morgan fingerprint density at radius 2 is 1.77 bits per heavy atom. The van der Waals surface area contributed by atoms with Crippen molar-refractivity contribution in [2.45, 2.75) is 6.54 Å². The molecule has 0 aromatic carbocycles. The third-order valence-corrected chi connectivity index (χ3v) is 4.25. The van der Waals surface area contributed by atoms with Crippen molar-refractivity contribution in [3.8, 4) is 5.82 Å². The van der Waals surface area contributed by atoms with Crippen molar-refractivity contribution < 1.29 is 4.74 Å². The van der Waals surface area contributed by atoms with Crippen LogP contribution in [0.3, 0.4) is 0 Å². The number of ether oxygens (including phenoxy) is 1. The van der Waals surface area contributed by atoms with Gasteiger partial charge in [-0.2, -0.15) is 0 Å². The first-order valence-electron chi connectivity index (χ1n) is 8.15. The summed E-state index contributed by atoms with van der Waals surface area (Å²) in [4.78, 5) is 34.3. The van der Waals surface area contributed by atoms with Gasteiger partial charge in [0.15, 0.2) is 0 Å². The van der Waals surface area contributed by atoms with Gasteiger partial charge in [-0.05, 0) is 30.3 Å². The van der Waals surface area contributed by atoms with E-state index in [1.165, 1.54) is 4.57 Å². The molecular formula is C19H16N4O3. The van der Waals surface area contributed by atoms with E-state index in [1.54, 1.807) is 60.6 Å². The molecule has 4 heterocycles. The van der Waals surface area contributed by atoms with E-state index in [2.05, 4.69) is 9.97 Å². The van der Waals surface area contributed by atoms with Gasteiger partial charge in [0, 0.05) is 32.2 Å². The summed E-state index contributed by atoms with van der Waals surface area (Å²) >= 11 is 0. The molecule has 7 nitrogen and oxygen atoms in total. The van der Waals surface area contributed by atoms with Crippen molar-refractivity contribution in [2.24, 2.45) is 0 Å². The summed E-state index contributed by atoms with van der Waals surface area (Å²) in [7, 11) is 1.58. The summed E-state index contributed by atoms with van der Waals surface area (Å²) in [5.74, 6) is 0.519. The smallest absolute Gasteiger partial charge is 0.265 e. The number of nitrogens with zero attached hydrogens (tertiary/aromatic N) is 4. The zero-order chi connectivity index (χ0) is 18.1. The maximum Gasteiger partial charge on any atom is 0.265 e. The van der Waals surface area contributed by atoms with E-state index in [9.17, 15) is 9.59 Å². The van der Waals surface area contributed by atoms with Gasteiger partial charge in [-0.1, -0.05) is 6.07 Å². The maximum absolute atomic E-state index is 12.9. The first-order valence-corrected chi connectivity index (χ1v) is 8.15. The molecule has 0 aliphatic carbocycles. The molecule has 7 heteroatoms. The monoisotopic (exact) mass is 348 g/mol. The van der Waals surface area contributed by atoms with Crippen LogP contribution in [0.4, 0.5) is 0 Å². The number of rotatable bonds is 4. The highest BCUT2D eigenvalue weighted by molar-refractivity contribution is 5.91. The Kier molecular flexibility index (Phi) is 4.06. The lowest BCUT2D eigenvalue weighted by molar-refractivity contribution is 0.186. The predicted octanol–water partition coefficient (Wildman–Crippen LogP) is 1.74. The second-order valence-corrected chi connectivity index (χ2v) is 5.84. The third-order valence-electron chi connectivity index (χ3n) is 4.25. The second-order valence-electron chi connectivity index (χ2n) is 5.84. The van der Waals surface area contributed by atoms with Gasteiger partial charge in [0.25, 0.3) is 11.1 Å². The quantitative estimate of drug-likeness (QED) is 0.525. The molecule has 4 rings (SSSR count). The van der Waals surface area contributed by atoms with Gasteiger partial charge >= 0.3 is 0 Å². The molecule has 0 spiro atoms. The van der Waals surface area contributed by atoms with E-state index < -0.39 is 0 Å². The zero-order valence-corrected chi connectivity index (χ0v) is 14.1. The lowest BCUT2D eigenvalue weighted by Crippen LogP contribution is -2.23. The Hall–Kier alpha value is -3.32. The lowest BCUT2D eigenvalue weighted by atomic mass is 10.2. The fraction of sp³-hybridized carbons (Fsp3) is 0.158. The zero-order valence-electron chi connectivity index (χ0n) is 14.1. The molecule has 0 amide bonds. The summed E-state index contributed by atoms with van der Waals surface area (Å²) in [5, 5.41) is 0.791. The topological polar surface area (TPSA) is 79.0 Å². The maximum atomic E-state index is 12.9. The van der Waals surface area contributed by atoms with E-state index in [4.69, 9.17) is 4.74 Å². The Labute approximate surface area is 148 Å². The van der Waals surface area contributed by atoms with Crippen LogP contribution in [0.15, 0.2) is 64.6 Å². The van der Waals surface area contributed by atoms with Crippen LogP contribution in [0.1, 0.15) is 0 Å². The van der Waals surface area contributed by atoms with Gasteiger partial charge in [0.05, 0.1) is 28.4 Å². The van der Waals surface area contributed by atoms with Crippen LogP contribution in [0, 0.1) is 0 Å². The number of pyridine rings is 4. The molecule has 0 unspecified atom stereocenters. The first kappa shape index (κ1) is 16.2. The molecule has 0 radical (unpaired) electrons. The molecule has 0 saturated carbocycles. The van der Waals surface area contributed by atoms with Crippen LogP contribution in [-0.2, 0) is 11.3 Å². The van der Waals surface area contributed by atoms with Crippen molar-refractivity contribution in [3.05, 3.63) is 75.7 Å². The second kappa shape index (κ2) is 6.53. The summed E-state index contributed by atoms with van der Waals surface area (Å²) in [5.41, 5.74) is 0.652.